The van der Waals surface area contributed by atoms with Crippen molar-refractivity contribution in [3.63, 3.8) is 0 Å². The highest BCUT2D eigenvalue weighted by Gasteiger charge is 2.27. The van der Waals surface area contributed by atoms with Gasteiger partial charge in [0.2, 0.25) is 9.84 Å². The molecule has 0 bridgehead atoms. The molecule has 1 amide bonds. The number of carbonyl (C=O) groups excluding carboxylic acids is 2. The molecule has 0 spiro atoms. The molecule has 0 fully saturated rings. The van der Waals surface area contributed by atoms with Gasteiger partial charge < -0.3 is 9.64 Å². The van der Waals surface area contributed by atoms with Gasteiger partial charge in [0.25, 0.3) is 5.91 Å². The molecule has 144 valence electrons. The van der Waals surface area contributed by atoms with Crippen LogP contribution in [0.5, 0.6) is 0 Å². The molecule has 0 N–H and O–H groups in total. The van der Waals surface area contributed by atoms with Gasteiger partial charge in [-0.2, -0.15) is 8.78 Å². The number of rotatable bonds is 5. The van der Waals surface area contributed by atoms with E-state index in [0.717, 1.165) is 36.2 Å². The summed E-state index contributed by atoms with van der Waals surface area (Å²) in [6, 6.07) is 5.91. The Balaban J connectivity index is 1.57. The third kappa shape index (κ3) is 4.16. The maximum atomic E-state index is 12.5. The molecule has 1 aliphatic rings. The minimum Gasteiger partial charge on any atom is -0.452 e. The monoisotopic (exact) mass is 415 g/mol. The molecule has 2 aromatic rings. The van der Waals surface area contributed by atoms with E-state index < -0.39 is 33.1 Å². The molecule has 0 radical (unpaired) electrons. The number of alkyl halides is 2. The number of fused-ring (bicyclic) bond motifs is 1. The van der Waals surface area contributed by atoms with Gasteiger partial charge in [0.05, 0.1) is 10.5 Å². The van der Waals surface area contributed by atoms with E-state index in [0.29, 0.717) is 13.1 Å². The average molecular weight is 415 g/mol. The summed E-state index contributed by atoms with van der Waals surface area (Å²) in [5, 5.41) is 1.97. The van der Waals surface area contributed by atoms with Crippen LogP contribution < -0.4 is 0 Å². The summed E-state index contributed by atoms with van der Waals surface area (Å²) < 4.78 is 52.7. The summed E-state index contributed by atoms with van der Waals surface area (Å²) in [5.74, 6) is -4.71. The molecule has 27 heavy (non-hydrogen) atoms. The first-order valence-electron chi connectivity index (χ1n) is 7.91. The fourth-order valence-electron chi connectivity index (χ4n) is 2.65. The molecule has 1 aromatic carbocycles. The van der Waals surface area contributed by atoms with E-state index in [1.54, 1.807) is 16.2 Å². The van der Waals surface area contributed by atoms with Gasteiger partial charge >= 0.3 is 11.7 Å². The predicted molar refractivity (Wildman–Crippen MR) is 93.4 cm³/mol. The van der Waals surface area contributed by atoms with Crippen LogP contribution >= 0.6 is 11.3 Å². The Morgan fingerprint density at radius 2 is 1.89 bits per heavy atom. The van der Waals surface area contributed by atoms with Crippen LogP contribution in [0.2, 0.25) is 0 Å². The fourth-order valence-corrected chi connectivity index (χ4v) is 4.26. The lowest BCUT2D eigenvalue weighted by molar-refractivity contribution is -0.135. The number of hydrogen-bond donors (Lipinski definition) is 0. The molecular weight excluding hydrogens is 400 g/mol. The van der Waals surface area contributed by atoms with Crippen molar-refractivity contribution in [2.45, 2.75) is 23.6 Å². The fraction of sp³-hybridized carbons (Fsp3) is 0.294. The predicted octanol–water partition coefficient (Wildman–Crippen LogP) is 2.49. The number of carbonyl (C=O) groups is 2. The van der Waals surface area contributed by atoms with Gasteiger partial charge in [0.1, 0.15) is 0 Å². The van der Waals surface area contributed by atoms with Crippen LogP contribution in [0.1, 0.15) is 20.8 Å². The number of sulfone groups is 1. The summed E-state index contributed by atoms with van der Waals surface area (Å²) in [6.45, 7) is 0.564. The maximum absolute atomic E-state index is 12.5. The largest absolute Gasteiger partial charge is 0.452 e. The van der Waals surface area contributed by atoms with E-state index >= 15 is 0 Å². The van der Waals surface area contributed by atoms with E-state index in [9.17, 15) is 26.8 Å². The second-order valence-electron chi connectivity index (χ2n) is 5.84. The number of benzene rings is 1. The molecule has 0 saturated carbocycles. The zero-order chi connectivity index (χ0) is 19.6. The van der Waals surface area contributed by atoms with Crippen molar-refractivity contribution in [1.82, 2.24) is 4.90 Å². The van der Waals surface area contributed by atoms with Crippen LogP contribution in [0.3, 0.4) is 0 Å². The second-order valence-corrected chi connectivity index (χ2v) is 8.76. The number of nitrogens with zero attached hydrogens (tertiary/aromatic N) is 1. The van der Waals surface area contributed by atoms with Gasteiger partial charge in [-0.25, -0.2) is 13.2 Å². The average Bonchev–Trinajstić information content (AvgIpc) is 3.13. The molecular formula is C17H15F2NO5S2. The van der Waals surface area contributed by atoms with E-state index in [1.807, 2.05) is 11.4 Å². The number of amides is 1. The first-order valence-corrected chi connectivity index (χ1v) is 10.3. The number of ether oxygens (including phenoxy) is 1. The number of thiophene rings is 1. The summed E-state index contributed by atoms with van der Waals surface area (Å²) in [4.78, 5) is 26.5. The summed E-state index contributed by atoms with van der Waals surface area (Å²) >= 11 is 1.65. The van der Waals surface area contributed by atoms with Gasteiger partial charge in [-0.05, 0) is 47.7 Å². The molecule has 0 aliphatic carbocycles. The Hall–Kier alpha value is -2.33. The SMILES string of the molecule is O=C(OCC(=O)N1CCc2sccc2C1)c1ccc(S(=O)(=O)C(F)F)cc1. The number of halogens is 2. The van der Waals surface area contributed by atoms with Crippen LogP contribution in [-0.2, 0) is 32.3 Å². The second kappa shape index (κ2) is 7.73. The highest BCUT2D eigenvalue weighted by atomic mass is 32.2. The van der Waals surface area contributed by atoms with Crippen molar-refractivity contribution in [3.8, 4) is 0 Å². The van der Waals surface area contributed by atoms with Crippen LogP contribution in [-0.4, -0.2) is 44.1 Å². The van der Waals surface area contributed by atoms with Crippen molar-refractivity contribution in [3.05, 3.63) is 51.7 Å². The third-order valence-corrected chi connectivity index (χ3v) is 6.56. The molecule has 1 aliphatic heterocycles. The molecule has 0 atom stereocenters. The topological polar surface area (TPSA) is 80.8 Å². The molecule has 1 aromatic heterocycles. The van der Waals surface area contributed by atoms with E-state index in [-0.39, 0.29) is 11.5 Å². The summed E-state index contributed by atoms with van der Waals surface area (Å²) in [7, 11) is -4.72. The van der Waals surface area contributed by atoms with Crippen molar-refractivity contribution in [1.29, 1.82) is 0 Å². The molecule has 3 rings (SSSR count). The minimum atomic E-state index is -4.72. The smallest absolute Gasteiger partial charge is 0.341 e. The van der Waals surface area contributed by atoms with Gasteiger partial charge in [-0.1, -0.05) is 0 Å². The van der Waals surface area contributed by atoms with Gasteiger partial charge in [-0.3, -0.25) is 4.79 Å². The van der Waals surface area contributed by atoms with E-state index in [1.165, 1.54) is 4.88 Å². The highest BCUT2D eigenvalue weighted by molar-refractivity contribution is 7.91. The molecule has 0 saturated heterocycles. The van der Waals surface area contributed by atoms with Crippen molar-refractivity contribution in [2.24, 2.45) is 0 Å². The summed E-state index contributed by atoms with van der Waals surface area (Å²) in [5.41, 5.74) is 1.05. The Morgan fingerprint density at radius 1 is 1.19 bits per heavy atom. The van der Waals surface area contributed by atoms with Crippen molar-refractivity contribution < 1.29 is 31.5 Å². The lowest BCUT2D eigenvalue weighted by Crippen LogP contribution is -2.38. The minimum absolute atomic E-state index is 0.0326. The van der Waals surface area contributed by atoms with E-state index in [2.05, 4.69) is 0 Å². The Kier molecular flexibility index (Phi) is 5.56. The summed E-state index contributed by atoms with van der Waals surface area (Å²) in [6.07, 6.45) is 0.757. The lowest BCUT2D eigenvalue weighted by atomic mass is 10.1. The normalized spacial score (nSPS) is 14.1. The Bertz CT molecular complexity index is 954. The van der Waals surface area contributed by atoms with Gasteiger partial charge in [0, 0.05) is 18.0 Å². The quantitative estimate of drug-likeness (QED) is 0.701. The third-order valence-electron chi connectivity index (χ3n) is 4.14. The van der Waals surface area contributed by atoms with Gasteiger partial charge in [0.15, 0.2) is 6.61 Å². The Morgan fingerprint density at radius 3 is 2.56 bits per heavy atom. The molecule has 0 unspecified atom stereocenters. The van der Waals surface area contributed by atoms with Crippen molar-refractivity contribution in [2.75, 3.05) is 13.2 Å². The zero-order valence-corrected chi connectivity index (χ0v) is 15.6. The van der Waals surface area contributed by atoms with E-state index in [4.69, 9.17) is 4.74 Å². The van der Waals surface area contributed by atoms with Crippen LogP contribution in [0.15, 0.2) is 40.6 Å². The standard InChI is InChI=1S/C17H15F2NO5S2/c18-17(19)27(23,24)13-3-1-11(2-4-13)16(22)25-10-15(21)20-7-5-14-12(9-20)6-8-26-14/h1-4,6,8,17H,5,7,9-10H2. The first-order chi connectivity index (χ1) is 12.8. The number of esters is 1. The van der Waals surface area contributed by atoms with Crippen LogP contribution in [0.4, 0.5) is 8.78 Å². The molecule has 6 nitrogen and oxygen atoms in total. The lowest BCUT2D eigenvalue weighted by Gasteiger charge is -2.26. The number of hydrogen-bond acceptors (Lipinski definition) is 6. The zero-order valence-electron chi connectivity index (χ0n) is 13.9. The maximum Gasteiger partial charge on any atom is 0.341 e. The van der Waals surface area contributed by atoms with Crippen LogP contribution in [0.25, 0.3) is 0 Å². The molecule has 2 heterocycles. The first kappa shape index (κ1) is 19.4. The highest BCUT2D eigenvalue weighted by Crippen LogP contribution is 2.24. The van der Waals surface area contributed by atoms with Crippen molar-refractivity contribution >= 4 is 33.1 Å². The van der Waals surface area contributed by atoms with Crippen LogP contribution in [0, 0.1) is 0 Å². The van der Waals surface area contributed by atoms with Gasteiger partial charge in [-0.15, -0.1) is 11.3 Å². The molecule has 10 heteroatoms. The Labute approximate surface area is 158 Å².